The standard InChI is InChI=1S/C15H14BrClN4O3/c16-10-2-3-12(11(17)8-10)21-13(22)9-24-14(23)4-7-20-15-18-5-1-6-19-15/h1-3,5-6,8H,4,7,9H2,(H,21,22)(H,18,19,20). The average molecular weight is 414 g/mol. The van der Waals surface area contributed by atoms with Crippen LogP contribution in [0.4, 0.5) is 11.6 Å². The number of benzene rings is 1. The summed E-state index contributed by atoms with van der Waals surface area (Å²) in [7, 11) is 0. The summed E-state index contributed by atoms with van der Waals surface area (Å²) in [6, 6.07) is 6.73. The zero-order valence-corrected chi connectivity index (χ0v) is 14.8. The molecule has 2 rings (SSSR count). The summed E-state index contributed by atoms with van der Waals surface area (Å²) in [5, 5.41) is 5.83. The Hall–Kier alpha value is -2.19. The number of nitrogens with one attached hydrogen (secondary N) is 2. The Bertz CT molecular complexity index is 715. The molecule has 1 heterocycles. The van der Waals surface area contributed by atoms with E-state index >= 15 is 0 Å². The fraction of sp³-hybridized carbons (Fsp3) is 0.200. The molecular formula is C15H14BrClN4O3. The molecule has 0 aliphatic carbocycles. The normalized spacial score (nSPS) is 10.1. The Labute approximate surface area is 151 Å². The molecule has 0 spiro atoms. The van der Waals surface area contributed by atoms with Gasteiger partial charge < -0.3 is 15.4 Å². The molecule has 0 atom stereocenters. The molecule has 24 heavy (non-hydrogen) atoms. The Morgan fingerprint density at radius 3 is 2.71 bits per heavy atom. The fourth-order valence-electron chi connectivity index (χ4n) is 1.66. The van der Waals surface area contributed by atoms with E-state index < -0.39 is 11.9 Å². The molecular weight excluding hydrogens is 400 g/mol. The van der Waals surface area contributed by atoms with Gasteiger partial charge in [0.2, 0.25) is 5.95 Å². The van der Waals surface area contributed by atoms with E-state index in [2.05, 4.69) is 36.5 Å². The number of carbonyl (C=O) groups is 2. The van der Waals surface area contributed by atoms with Crippen molar-refractivity contribution in [1.29, 1.82) is 0 Å². The van der Waals surface area contributed by atoms with Crippen molar-refractivity contribution < 1.29 is 14.3 Å². The number of rotatable bonds is 7. The van der Waals surface area contributed by atoms with E-state index in [-0.39, 0.29) is 13.0 Å². The van der Waals surface area contributed by atoms with Crippen molar-refractivity contribution in [3.05, 3.63) is 46.2 Å². The summed E-state index contributed by atoms with van der Waals surface area (Å²) < 4.78 is 5.69. The third kappa shape index (κ3) is 6.13. The highest BCUT2D eigenvalue weighted by Crippen LogP contribution is 2.25. The van der Waals surface area contributed by atoms with Crippen molar-refractivity contribution in [3.63, 3.8) is 0 Å². The maximum absolute atomic E-state index is 11.8. The lowest BCUT2D eigenvalue weighted by Gasteiger charge is -2.08. The minimum atomic E-state index is -0.504. The van der Waals surface area contributed by atoms with Gasteiger partial charge in [-0.05, 0) is 24.3 Å². The molecule has 0 bridgehead atoms. The number of nitrogens with zero attached hydrogens (tertiary/aromatic N) is 2. The first-order chi connectivity index (χ1) is 11.5. The predicted molar refractivity (Wildman–Crippen MR) is 93.9 cm³/mol. The maximum Gasteiger partial charge on any atom is 0.308 e. The van der Waals surface area contributed by atoms with Gasteiger partial charge in [-0.15, -0.1) is 0 Å². The lowest BCUT2D eigenvalue weighted by Crippen LogP contribution is -2.22. The van der Waals surface area contributed by atoms with Crippen molar-refractivity contribution in [3.8, 4) is 0 Å². The van der Waals surface area contributed by atoms with Crippen LogP contribution in [0, 0.1) is 0 Å². The van der Waals surface area contributed by atoms with Crippen molar-refractivity contribution >= 4 is 51.0 Å². The van der Waals surface area contributed by atoms with Crippen LogP contribution in [-0.2, 0) is 14.3 Å². The summed E-state index contributed by atoms with van der Waals surface area (Å²) >= 11 is 9.26. The predicted octanol–water partition coefficient (Wildman–Crippen LogP) is 2.88. The quantitative estimate of drug-likeness (QED) is 0.678. The van der Waals surface area contributed by atoms with Crippen LogP contribution in [0.5, 0.6) is 0 Å². The summed E-state index contributed by atoms with van der Waals surface area (Å²) in [6.07, 6.45) is 3.26. The van der Waals surface area contributed by atoms with Crippen LogP contribution < -0.4 is 10.6 Å². The van der Waals surface area contributed by atoms with Gasteiger partial charge in [0.1, 0.15) is 0 Å². The second-order valence-electron chi connectivity index (χ2n) is 4.58. The first-order valence-corrected chi connectivity index (χ1v) is 8.13. The van der Waals surface area contributed by atoms with Crippen LogP contribution in [0.2, 0.25) is 5.02 Å². The molecule has 1 amide bonds. The van der Waals surface area contributed by atoms with Crippen LogP contribution >= 0.6 is 27.5 Å². The molecule has 2 aromatic rings. The fourth-order valence-corrected chi connectivity index (χ4v) is 2.38. The van der Waals surface area contributed by atoms with Crippen LogP contribution in [-0.4, -0.2) is 35.0 Å². The van der Waals surface area contributed by atoms with Crippen molar-refractivity contribution in [1.82, 2.24) is 9.97 Å². The molecule has 0 aliphatic heterocycles. The van der Waals surface area contributed by atoms with E-state index in [1.54, 1.807) is 36.7 Å². The van der Waals surface area contributed by atoms with Crippen molar-refractivity contribution in [2.75, 3.05) is 23.8 Å². The van der Waals surface area contributed by atoms with Gasteiger partial charge in [-0.25, -0.2) is 9.97 Å². The van der Waals surface area contributed by atoms with Crippen molar-refractivity contribution in [2.24, 2.45) is 0 Å². The van der Waals surface area contributed by atoms with Crippen LogP contribution in [0.3, 0.4) is 0 Å². The zero-order valence-electron chi connectivity index (χ0n) is 12.5. The molecule has 0 fully saturated rings. The lowest BCUT2D eigenvalue weighted by molar-refractivity contribution is -0.147. The van der Waals surface area contributed by atoms with Gasteiger partial charge in [-0.2, -0.15) is 0 Å². The number of halogens is 2. The van der Waals surface area contributed by atoms with Gasteiger partial charge in [0.15, 0.2) is 6.61 Å². The number of esters is 1. The Morgan fingerprint density at radius 1 is 1.25 bits per heavy atom. The molecule has 9 heteroatoms. The van der Waals surface area contributed by atoms with Crippen LogP contribution in [0.1, 0.15) is 6.42 Å². The van der Waals surface area contributed by atoms with Crippen LogP contribution in [0.15, 0.2) is 41.1 Å². The number of amides is 1. The molecule has 2 N–H and O–H groups in total. The van der Waals surface area contributed by atoms with Gasteiger partial charge in [0, 0.05) is 23.4 Å². The van der Waals surface area contributed by atoms with E-state index in [9.17, 15) is 9.59 Å². The second-order valence-corrected chi connectivity index (χ2v) is 5.91. The third-order valence-electron chi connectivity index (χ3n) is 2.75. The van der Waals surface area contributed by atoms with Gasteiger partial charge in [-0.1, -0.05) is 27.5 Å². The minimum absolute atomic E-state index is 0.0879. The average Bonchev–Trinajstić information content (AvgIpc) is 2.56. The topological polar surface area (TPSA) is 93.2 Å². The Kier molecular flexibility index (Phi) is 6.95. The molecule has 0 unspecified atom stereocenters. The summed E-state index contributed by atoms with van der Waals surface area (Å²) in [4.78, 5) is 31.3. The first-order valence-electron chi connectivity index (χ1n) is 6.96. The third-order valence-corrected chi connectivity index (χ3v) is 3.55. The maximum atomic E-state index is 11.8. The zero-order chi connectivity index (χ0) is 17.4. The first kappa shape index (κ1) is 18.2. The largest absolute Gasteiger partial charge is 0.456 e. The summed E-state index contributed by atoms with van der Waals surface area (Å²) in [5.41, 5.74) is 0.448. The molecule has 0 aliphatic rings. The lowest BCUT2D eigenvalue weighted by atomic mass is 10.3. The van der Waals surface area contributed by atoms with Crippen molar-refractivity contribution in [2.45, 2.75) is 6.42 Å². The molecule has 7 nitrogen and oxygen atoms in total. The summed E-state index contributed by atoms with van der Waals surface area (Å²) in [5.74, 6) is -0.546. The highest BCUT2D eigenvalue weighted by molar-refractivity contribution is 9.10. The molecule has 1 aromatic heterocycles. The van der Waals surface area contributed by atoms with Gasteiger partial charge in [0.25, 0.3) is 5.91 Å². The van der Waals surface area contributed by atoms with E-state index in [0.717, 1.165) is 4.47 Å². The number of ether oxygens (including phenoxy) is 1. The number of hydrogen-bond acceptors (Lipinski definition) is 6. The highest BCUT2D eigenvalue weighted by Gasteiger charge is 2.10. The smallest absolute Gasteiger partial charge is 0.308 e. The summed E-state index contributed by atoms with van der Waals surface area (Å²) in [6.45, 7) is -0.0733. The molecule has 126 valence electrons. The van der Waals surface area contributed by atoms with Crippen LogP contribution in [0.25, 0.3) is 0 Å². The Morgan fingerprint density at radius 2 is 2.00 bits per heavy atom. The van der Waals surface area contributed by atoms with Gasteiger partial charge in [-0.3, -0.25) is 9.59 Å². The molecule has 1 aromatic carbocycles. The molecule has 0 saturated carbocycles. The van der Waals surface area contributed by atoms with E-state index in [1.807, 2.05) is 0 Å². The molecule has 0 radical (unpaired) electrons. The number of carbonyl (C=O) groups excluding carboxylic acids is 2. The highest BCUT2D eigenvalue weighted by atomic mass is 79.9. The minimum Gasteiger partial charge on any atom is -0.456 e. The number of hydrogen-bond donors (Lipinski definition) is 2. The molecule has 0 saturated heterocycles. The van der Waals surface area contributed by atoms with E-state index in [0.29, 0.717) is 23.2 Å². The number of aromatic nitrogens is 2. The second kappa shape index (κ2) is 9.19. The number of anilines is 2. The van der Waals surface area contributed by atoms with E-state index in [1.165, 1.54) is 0 Å². The monoisotopic (exact) mass is 412 g/mol. The Balaban J connectivity index is 1.68. The van der Waals surface area contributed by atoms with E-state index in [4.69, 9.17) is 16.3 Å². The van der Waals surface area contributed by atoms with Gasteiger partial charge in [0.05, 0.1) is 17.1 Å². The SMILES string of the molecule is O=C(COC(=O)CCNc1ncccn1)Nc1ccc(Br)cc1Cl. The van der Waals surface area contributed by atoms with Gasteiger partial charge >= 0.3 is 5.97 Å².